The molecule has 0 aromatic carbocycles. The van der Waals surface area contributed by atoms with Crippen LogP contribution in [0.2, 0.25) is 0 Å². The predicted molar refractivity (Wildman–Crippen MR) is 70.5 cm³/mol. The van der Waals surface area contributed by atoms with Crippen molar-refractivity contribution in [3.8, 4) is 0 Å². The van der Waals surface area contributed by atoms with Gasteiger partial charge in [0, 0.05) is 25.6 Å². The predicted octanol–water partition coefficient (Wildman–Crippen LogP) is -0.491. The van der Waals surface area contributed by atoms with Crippen LogP contribution in [0.25, 0.3) is 0 Å². The SMILES string of the molecule is CC(N)CC(=O)NC(C)C(=O)N1CCOCC1.Cl. The molecule has 3 N–H and O–H groups in total. The Bertz CT molecular complexity index is 281. The highest BCUT2D eigenvalue weighted by molar-refractivity contribution is 5.87. The summed E-state index contributed by atoms with van der Waals surface area (Å²) in [6.45, 7) is 5.75. The van der Waals surface area contributed by atoms with E-state index in [0.29, 0.717) is 26.3 Å². The lowest BCUT2D eigenvalue weighted by molar-refractivity contribution is -0.139. The summed E-state index contributed by atoms with van der Waals surface area (Å²) in [5, 5.41) is 2.66. The summed E-state index contributed by atoms with van der Waals surface area (Å²) in [6.07, 6.45) is 0.237. The summed E-state index contributed by atoms with van der Waals surface area (Å²) < 4.78 is 5.17. The van der Waals surface area contributed by atoms with Gasteiger partial charge < -0.3 is 20.7 Å². The quantitative estimate of drug-likeness (QED) is 0.727. The Morgan fingerprint density at radius 2 is 1.89 bits per heavy atom. The van der Waals surface area contributed by atoms with Crippen molar-refractivity contribution < 1.29 is 14.3 Å². The molecule has 2 atom stereocenters. The van der Waals surface area contributed by atoms with Crippen LogP contribution < -0.4 is 11.1 Å². The topological polar surface area (TPSA) is 84.7 Å². The maximum Gasteiger partial charge on any atom is 0.245 e. The van der Waals surface area contributed by atoms with Gasteiger partial charge in [-0.05, 0) is 13.8 Å². The number of halogens is 1. The number of hydrogen-bond donors (Lipinski definition) is 2. The zero-order valence-electron chi connectivity index (χ0n) is 10.8. The third kappa shape index (κ3) is 5.66. The van der Waals surface area contributed by atoms with Crippen molar-refractivity contribution in [3.63, 3.8) is 0 Å². The number of morpholine rings is 1. The van der Waals surface area contributed by atoms with E-state index in [0.717, 1.165) is 0 Å². The molecule has 106 valence electrons. The van der Waals surface area contributed by atoms with Crippen LogP contribution in [-0.2, 0) is 14.3 Å². The highest BCUT2D eigenvalue weighted by atomic mass is 35.5. The highest BCUT2D eigenvalue weighted by Gasteiger charge is 2.23. The van der Waals surface area contributed by atoms with Crippen molar-refractivity contribution in [3.05, 3.63) is 0 Å². The Morgan fingerprint density at radius 3 is 2.39 bits per heavy atom. The number of carbonyl (C=O) groups excluding carboxylic acids is 2. The van der Waals surface area contributed by atoms with E-state index < -0.39 is 6.04 Å². The molecule has 1 aliphatic rings. The lowest BCUT2D eigenvalue weighted by Crippen LogP contribution is -2.50. The largest absolute Gasteiger partial charge is 0.378 e. The standard InChI is InChI=1S/C11H21N3O3.ClH/c1-8(12)7-10(15)13-9(2)11(16)14-3-5-17-6-4-14;/h8-9H,3-7,12H2,1-2H3,(H,13,15);1H. The number of amides is 2. The molecule has 0 saturated carbocycles. The monoisotopic (exact) mass is 279 g/mol. The first-order valence-corrected chi connectivity index (χ1v) is 5.92. The Hall–Kier alpha value is -0.850. The summed E-state index contributed by atoms with van der Waals surface area (Å²) in [4.78, 5) is 25.1. The summed E-state index contributed by atoms with van der Waals surface area (Å²) in [5.74, 6) is -0.250. The zero-order valence-corrected chi connectivity index (χ0v) is 11.7. The molecular formula is C11H22ClN3O3. The van der Waals surface area contributed by atoms with E-state index >= 15 is 0 Å². The number of hydrogen-bond acceptors (Lipinski definition) is 4. The van der Waals surface area contributed by atoms with Crippen molar-refractivity contribution in [2.75, 3.05) is 26.3 Å². The number of nitrogens with zero attached hydrogens (tertiary/aromatic N) is 1. The minimum absolute atomic E-state index is 0. The number of ether oxygens (including phenoxy) is 1. The molecule has 0 radical (unpaired) electrons. The van der Waals surface area contributed by atoms with Gasteiger partial charge in [0.1, 0.15) is 6.04 Å². The molecule has 0 aliphatic carbocycles. The molecule has 1 rings (SSSR count). The summed E-state index contributed by atoms with van der Waals surface area (Å²) >= 11 is 0. The summed E-state index contributed by atoms with van der Waals surface area (Å²) in [7, 11) is 0. The van der Waals surface area contributed by atoms with Crippen molar-refractivity contribution in [1.29, 1.82) is 0 Å². The lowest BCUT2D eigenvalue weighted by atomic mass is 10.2. The minimum Gasteiger partial charge on any atom is -0.378 e. The summed E-state index contributed by atoms with van der Waals surface area (Å²) in [5.41, 5.74) is 5.52. The van der Waals surface area contributed by atoms with E-state index in [9.17, 15) is 9.59 Å². The van der Waals surface area contributed by atoms with Gasteiger partial charge in [-0.1, -0.05) is 0 Å². The molecule has 2 amide bonds. The van der Waals surface area contributed by atoms with Crippen LogP contribution in [0.4, 0.5) is 0 Å². The third-order valence-corrected chi connectivity index (χ3v) is 2.58. The highest BCUT2D eigenvalue weighted by Crippen LogP contribution is 2.01. The first kappa shape index (κ1) is 17.2. The number of nitrogens with two attached hydrogens (primary N) is 1. The van der Waals surface area contributed by atoms with Crippen molar-refractivity contribution >= 4 is 24.2 Å². The van der Waals surface area contributed by atoms with E-state index in [4.69, 9.17) is 10.5 Å². The van der Waals surface area contributed by atoms with E-state index in [1.54, 1.807) is 18.7 Å². The van der Waals surface area contributed by atoms with E-state index in [-0.39, 0.29) is 36.7 Å². The second-order valence-electron chi connectivity index (χ2n) is 4.41. The van der Waals surface area contributed by atoms with Crippen molar-refractivity contribution in [1.82, 2.24) is 10.2 Å². The van der Waals surface area contributed by atoms with Gasteiger partial charge in [0.2, 0.25) is 11.8 Å². The number of carbonyl (C=O) groups is 2. The number of nitrogens with one attached hydrogen (secondary N) is 1. The van der Waals surface area contributed by atoms with Crippen LogP contribution in [0.3, 0.4) is 0 Å². The molecule has 0 bridgehead atoms. The van der Waals surface area contributed by atoms with Gasteiger partial charge in [0.25, 0.3) is 0 Å². The number of rotatable bonds is 4. The van der Waals surface area contributed by atoms with Crippen molar-refractivity contribution in [2.24, 2.45) is 5.73 Å². The first-order valence-electron chi connectivity index (χ1n) is 5.92. The summed E-state index contributed by atoms with van der Waals surface area (Å²) in [6, 6.07) is -0.694. The molecule has 18 heavy (non-hydrogen) atoms. The minimum atomic E-state index is -0.501. The molecule has 2 unspecified atom stereocenters. The molecule has 7 heteroatoms. The second-order valence-corrected chi connectivity index (χ2v) is 4.41. The van der Waals surface area contributed by atoms with E-state index in [1.165, 1.54) is 0 Å². The van der Waals surface area contributed by atoms with Crippen LogP contribution >= 0.6 is 12.4 Å². The fourth-order valence-electron chi connectivity index (χ4n) is 1.71. The Kier molecular flexibility index (Phi) is 7.90. The van der Waals surface area contributed by atoms with Crippen LogP contribution in [0.1, 0.15) is 20.3 Å². The Balaban J connectivity index is 0.00000289. The average Bonchev–Trinajstić information content (AvgIpc) is 2.28. The lowest BCUT2D eigenvalue weighted by Gasteiger charge is -2.29. The maximum atomic E-state index is 11.9. The fraction of sp³-hybridized carbons (Fsp3) is 0.818. The molecule has 0 aromatic rings. The molecule has 1 heterocycles. The van der Waals surface area contributed by atoms with Gasteiger partial charge in [-0.15, -0.1) is 12.4 Å². The van der Waals surface area contributed by atoms with Crippen LogP contribution in [0, 0.1) is 0 Å². The Morgan fingerprint density at radius 1 is 1.33 bits per heavy atom. The smallest absolute Gasteiger partial charge is 0.245 e. The van der Waals surface area contributed by atoms with Gasteiger partial charge in [-0.3, -0.25) is 9.59 Å². The molecule has 0 spiro atoms. The molecule has 1 aliphatic heterocycles. The Labute approximate surface area is 114 Å². The average molecular weight is 280 g/mol. The maximum absolute atomic E-state index is 11.9. The van der Waals surface area contributed by atoms with Gasteiger partial charge in [0.05, 0.1) is 13.2 Å². The normalized spacial score (nSPS) is 18.5. The van der Waals surface area contributed by atoms with Gasteiger partial charge in [0.15, 0.2) is 0 Å². The van der Waals surface area contributed by atoms with Gasteiger partial charge >= 0.3 is 0 Å². The third-order valence-electron chi connectivity index (χ3n) is 2.58. The molecule has 1 saturated heterocycles. The van der Waals surface area contributed by atoms with Gasteiger partial charge in [-0.25, -0.2) is 0 Å². The molecule has 0 aromatic heterocycles. The molecule has 1 fully saturated rings. The van der Waals surface area contributed by atoms with Gasteiger partial charge in [-0.2, -0.15) is 0 Å². The van der Waals surface area contributed by atoms with Crippen LogP contribution in [-0.4, -0.2) is 55.1 Å². The van der Waals surface area contributed by atoms with Crippen LogP contribution in [0.5, 0.6) is 0 Å². The van der Waals surface area contributed by atoms with E-state index in [2.05, 4.69) is 5.32 Å². The first-order chi connectivity index (χ1) is 8.00. The molecule has 6 nitrogen and oxygen atoms in total. The molecular weight excluding hydrogens is 258 g/mol. The second kappa shape index (κ2) is 8.29. The van der Waals surface area contributed by atoms with Crippen LogP contribution in [0.15, 0.2) is 0 Å². The van der Waals surface area contributed by atoms with Crippen molar-refractivity contribution in [2.45, 2.75) is 32.4 Å². The zero-order chi connectivity index (χ0) is 12.8. The fourth-order valence-corrected chi connectivity index (χ4v) is 1.71. The van der Waals surface area contributed by atoms with E-state index in [1.807, 2.05) is 0 Å².